The molecule has 0 radical (unpaired) electrons. The molecule has 0 fully saturated rings. The van der Waals surface area contributed by atoms with E-state index in [0.717, 1.165) is 6.92 Å². The second-order valence-corrected chi connectivity index (χ2v) is 6.94. The van der Waals surface area contributed by atoms with E-state index in [2.05, 4.69) is 9.35 Å². The molecule has 0 saturated heterocycles. The fraction of sp³-hybridized carbons (Fsp3) is 0.455. The van der Waals surface area contributed by atoms with Gasteiger partial charge < -0.3 is 0 Å². The van der Waals surface area contributed by atoms with Crippen molar-refractivity contribution < 1.29 is 17.4 Å². The number of pyridine rings is 1. The highest BCUT2D eigenvalue weighted by Gasteiger charge is 2.28. The highest BCUT2D eigenvalue weighted by molar-refractivity contribution is 7.90. The first kappa shape index (κ1) is 14.5. The Labute approximate surface area is 105 Å². The molecule has 0 aliphatic rings. The number of nitriles is 1. The number of nitrogens with one attached hydrogen (secondary N) is 1. The average Bonchev–Trinajstić information content (AvgIpc) is 2.27. The molecule has 18 heavy (non-hydrogen) atoms. The molecule has 0 saturated carbocycles. The topological polar surface area (TPSA) is 72.0 Å². The van der Waals surface area contributed by atoms with Gasteiger partial charge in [0.15, 0.2) is 5.26 Å². The minimum absolute atomic E-state index is 0.318. The maximum atomic E-state index is 13.0. The molecule has 1 heterocycles. The van der Waals surface area contributed by atoms with Crippen molar-refractivity contribution in [2.75, 3.05) is 6.26 Å². The van der Waals surface area contributed by atoms with Crippen molar-refractivity contribution in [1.29, 1.82) is 5.26 Å². The molecule has 1 aromatic rings. The molecule has 0 aliphatic heterocycles. The molecule has 0 aromatic carbocycles. The summed E-state index contributed by atoms with van der Waals surface area (Å²) in [6.45, 7) is 2.48. The third-order valence-electron chi connectivity index (χ3n) is 2.65. The van der Waals surface area contributed by atoms with E-state index in [1.165, 1.54) is 24.6 Å². The van der Waals surface area contributed by atoms with Crippen LogP contribution in [0.5, 0.6) is 0 Å². The standard InChI is InChI=1S/C11H13F2N3OS/c1-8(18(3,17)16-7-14)9-4-5-10(15-6-9)11(2,12)13/h4-6,8H,1-3H3/p+2. The third-order valence-corrected chi connectivity index (χ3v) is 4.80. The van der Waals surface area contributed by atoms with E-state index in [0.29, 0.717) is 5.56 Å². The van der Waals surface area contributed by atoms with Gasteiger partial charge >= 0.3 is 6.19 Å². The maximum absolute atomic E-state index is 13.0. The van der Waals surface area contributed by atoms with E-state index in [4.69, 9.17) is 5.26 Å². The third kappa shape index (κ3) is 3.23. The van der Waals surface area contributed by atoms with Crippen LogP contribution in [0.4, 0.5) is 8.78 Å². The molecule has 0 bridgehead atoms. The summed E-state index contributed by atoms with van der Waals surface area (Å²) in [5.41, 5.74) is 0.284. The lowest BCUT2D eigenvalue weighted by molar-refractivity contribution is -0.324. The highest BCUT2D eigenvalue weighted by atomic mass is 32.2. The lowest BCUT2D eigenvalue weighted by atomic mass is 10.1. The molecule has 0 spiro atoms. The van der Waals surface area contributed by atoms with Crippen molar-refractivity contribution in [1.82, 2.24) is 4.98 Å². The number of rotatable bonds is 3. The normalized spacial score (nSPS) is 16.4. The van der Waals surface area contributed by atoms with Crippen molar-refractivity contribution in [2.24, 2.45) is 0 Å². The van der Waals surface area contributed by atoms with Gasteiger partial charge in [-0.15, -0.1) is 4.36 Å². The van der Waals surface area contributed by atoms with Gasteiger partial charge in [-0.05, 0) is 18.6 Å². The Morgan fingerprint density at radius 1 is 1.56 bits per heavy atom. The van der Waals surface area contributed by atoms with Crippen LogP contribution >= 0.6 is 0 Å². The summed E-state index contributed by atoms with van der Waals surface area (Å²) in [6.07, 6.45) is 4.51. The van der Waals surface area contributed by atoms with Crippen molar-refractivity contribution in [3.8, 4) is 6.19 Å². The van der Waals surface area contributed by atoms with Crippen LogP contribution in [-0.4, -0.2) is 15.4 Å². The summed E-state index contributed by atoms with van der Waals surface area (Å²) in [5.74, 6) is -2.98. The van der Waals surface area contributed by atoms with E-state index in [1.54, 1.807) is 13.1 Å². The Balaban J connectivity index is 3.12. The molecule has 4 nitrogen and oxygen atoms in total. The Kier molecular flexibility index (Phi) is 4.02. The molecular formula is C11H15F2N3OS+2. The largest absolute Gasteiger partial charge is 0.468 e. The van der Waals surface area contributed by atoms with Crippen LogP contribution < -0.4 is 4.36 Å². The predicted octanol–water partition coefficient (Wildman–Crippen LogP) is 1.07. The molecule has 2 N–H and O–H groups in total. The Bertz CT molecular complexity index is 578. The molecule has 98 valence electrons. The fourth-order valence-electron chi connectivity index (χ4n) is 1.35. The zero-order valence-corrected chi connectivity index (χ0v) is 11.1. The SMILES string of the molecule is CC(c1ccc(C(C)(F)F)nc1)S(C)(=[OH+])=[NH+]C#N. The maximum Gasteiger partial charge on any atom is 0.468 e. The first-order chi connectivity index (χ1) is 8.18. The highest BCUT2D eigenvalue weighted by Crippen LogP contribution is 2.26. The van der Waals surface area contributed by atoms with Gasteiger partial charge in [0.25, 0.3) is 5.92 Å². The molecule has 1 rings (SSSR count). The number of hydrogen-bond donors (Lipinski definition) is 1. The summed E-state index contributed by atoms with van der Waals surface area (Å²) in [4.78, 5) is 3.69. The van der Waals surface area contributed by atoms with Gasteiger partial charge in [-0.25, -0.2) is 4.21 Å². The van der Waals surface area contributed by atoms with Crippen LogP contribution in [0.3, 0.4) is 0 Å². The zero-order valence-electron chi connectivity index (χ0n) is 10.3. The molecule has 0 amide bonds. The fourth-order valence-corrected chi connectivity index (χ4v) is 2.38. The van der Waals surface area contributed by atoms with E-state index in [9.17, 15) is 13.0 Å². The Morgan fingerprint density at radius 3 is 2.56 bits per heavy atom. The molecule has 7 heteroatoms. The lowest BCUT2D eigenvalue weighted by Crippen LogP contribution is -2.67. The lowest BCUT2D eigenvalue weighted by Gasteiger charge is -2.11. The van der Waals surface area contributed by atoms with E-state index >= 15 is 0 Å². The van der Waals surface area contributed by atoms with Crippen LogP contribution in [0, 0.1) is 11.5 Å². The predicted molar refractivity (Wildman–Crippen MR) is 64.0 cm³/mol. The van der Waals surface area contributed by atoms with Gasteiger partial charge in [0.05, 0.1) is 6.26 Å². The summed E-state index contributed by atoms with van der Waals surface area (Å²) < 4.78 is 38.3. The van der Waals surface area contributed by atoms with Gasteiger partial charge in [0, 0.05) is 13.1 Å². The van der Waals surface area contributed by atoms with Crippen molar-refractivity contribution in [2.45, 2.75) is 25.0 Å². The zero-order chi connectivity index (χ0) is 14.0. The van der Waals surface area contributed by atoms with E-state index in [-0.39, 0.29) is 10.9 Å². The Morgan fingerprint density at radius 2 is 2.17 bits per heavy atom. The number of nitrogens with zero attached hydrogens (tertiary/aromatic N) is 2. The number of halogens is 2. The van der Waals surface area contributed by atoms with E-state index in [1.807, 2.05) is 0 Å². The first-order valence-corrected chi connectivity index (χ1v) is 7.24. The summed E-state index contributed by atoms with van der Waals surface area (Å²) in [5, 5.41) is 8.15. The van der Waals surface area contributed by atoms with Crippen LogP contribution in [-0.2, 0) is 15.7 Å². The van der Waals surface area contributed by atoms with Gasteiger partial charge in [-0.3, -0.25) is 4.98 Å². The van der Waals surface area contributed by atoms with Crippen molar-refractivity contribution >= 4 is 9.73 Å². The van der Waals surface area contributed by atoms with Gasteiger partial charge in [-0.1, -0.05) is 6.07 Å². The summed E-state index contributed by atoms with van der Waals surface area (Å²) in [6, 6.07) is 2.72. The molecule has 2 unspecified atom stereocenters. The Hall–Kier alpha value is -1.55. The van der Waals surface area contributed by atoms with Crippen molar-refractivity contribution in [3.63, 3.8) is 0 Å². The first-order valence-electron chi connectivity index (χ1n) is 5.18. The number of alkyl halides is 2. The van der Waals surface area contributed by atoms with Gasteiger partial charge in [0.2, 0.25) is 9.73 Å². The average molecular weight is 275 g/mol. The number of hydrogen-bond acceptors (Lipinski definition) is 2. The second kappa shape index (κ2) is 4.98. The minimum Gasteiger partial charge on any atom is -0.255 e. The molecule has 2 atom stereocenters. The van der Waals surface area contributed by atoms with Crippen LogP contribution in [0.25, 0.3) is 0 Å². The van der Waals surface area contributed by atoms with Gasteiger partial charge in [-0.2, -0.15) is 8.78 Å². The summed E-state index contributed by atoms with van der Waals surface area (Å²) in [7, 11) is -2.35. The molecule has 1 aromatic heterocycles. The van der Waals surface area contributed by atoms with Crippen LogP contribution in [0.2, 0.25) is 0 Å². The van der Waals surface area contributed by atoms with Crippen molar-refractivity contribution in [3.05, 3.63) is 29.6 Å². The second-order valence-electron chi connectivity index (χ2n) is 4.16. The smallest absolute Gasteiger partial charge is 0.255 e. The van der Waals surface area contributed by atoms with E-state index < -0.39 is 15.7 Å². The number of aromatic nitrogens is 1. The minimum atomic E-state index is -2.98. The monoisotopic (exact) mass is 275 g/mol. The van der Waals surface area contributed by atoms with Crippen LogP contribution in [0.15, 0.2) is 18.3 Å². The van der Waals surface area contributed by atoms with Gasteiger partial charge in [0.1, 0.15) is 10.9 Å². The molecule has 0 aliphatic carbocycles. The van der Waals surface area contributed by atoms with Crippen LogP contribution in [0.1, 0.15) is 30.4 Å². The molecular weight excluding hydrogens is 260 g/mol. The summed E-state index contributed by atoms with van der Waals surface area (Å²) >= 11 is 0. The quantitative estimate of drug-likeness (QED) is 0.509.